The lowest BCUT2D eigenvalue weighted by atomic mass is 9.57. The summed E-state index contributed by atoms with van der Waals surface area (Å²) in [6.07, 6.45) is 9.37. The van der Waals surface area contributed by atoms with Crippen LogP contribution < -0.4 is 0 Å². The van der Waals surface area contributed by atoms with Gasteiger partial charge in [-0.05, 0) is 112 Å². The minimum absolute atomic E-state index is 0.0543. The van der Waals surface area contributed by atoms with Gasteiger partial charge >= 0.3 is 0 Å². The summed E-state index contributed by atoms with van der Waals surface area (Å²) in [4.78, 5) is 24.6. The molecule has 11 rings (SSSR count). The first-order valence-electron chi connectivity index (χ1n) is 20.7. The minimum atomic E-state index is -0.746. The largest absolute Gasteiger partial charge is 0.377 e. The van der Waals surface area contributed by atoms with Crippen LogP contribution in [-0.4, -0.2) is 60.8 Å². The Morgan fingerprint density at radius 3 is 1.52 bits per heavy atom. The van der Waals surface area contributed by atoms with Crippen molar-refractivity contribution in [2.75, 3.05) is 13.2 Å². The third kappa shape index (κ3) is 5.96. The highest BCUT2D eigenvalue weighted by molar-refractivity contribution is 5.22. The van der Waals surface area contributed by atoms with Crippen molar-refractivity contribution in [1.82, 2.24) is 0 Å². The van der Waals surface area contributed by atoms with Crippen LogP contribution in [0.1, 0.15) is 117 Å². The van der Waals surface area contributed by atoms with Gasteiger partial charge in [0.2, 0.25) is 11.6 Å². The van der Waals surface area contributed by atoms with E-state index in [4.69, 9.17) is 48.0 Å². The summed E-state index contributed by atoms with van der Waals surface area (Å²) in [6, 6.07) is 8.55. The average molecular weight is 727 g/mol. The molecule has 4 bridgehead atoms. The minimum Gasteiger partial charge on any atom is -0.377 e. The highest BCUT2D eigenvalue weighted by Crippen LogP contribution is 2.62. The zero-order chi connectivity index (χ0) is 35.9. The first-order chi connectivity index (χ1) is 25.0. The molecule has 2 spiro atoms. The number of hydrogen-bond acceptors (Lipinski definition) is 10. The monoisotopic (exact) mass is 726 g/mol. The van der Waals surface area contributed by atoms with Crippen molar-refractivity contribution in [2.24, 2.45) is 47.3 Å². The van der Waals surface area contributed by atoms with Crippen molar-refractivity contribution >= 4 is 0 Å². The van der Waals surface area contributed by atoms with Gasteiger partial charge in [0.25, 0.3) is 0 Å². The molecule has 16 atom stereocenters. The highest BCUT2D eigenvalue weighted by atomic mass is 17.3. The number of benzene rings is 1. The van der Waals surface area contributed by atoms with E-state index in [1.54, 1.807) is 0 Å². The molecule has 10 heteroatoms. The second-order valence-electron chi connectivity index (χ2n) is 18.4. The van der Waals surface area contributed by atoms with Crippen molar-refractivity contribution in [3.8, 4) is 0 Å². The summed E-state index contributed by atoms with van der Waals surface area (Å²) in [6.45, 7) is 15.7. The molecule has 290 valence electrons. The van der Waals surface area contributed by atoms with E-state index in [1.165, 1.54) is 12.8 Å². The lowest BCUT2D eigenvalue weighted by Gasteiger charge is -2.60. The molecule has 2 saturated carbocycles. The molecule has 2 aliphatic carbocycles. The third-order valence-corrected chi connectivity index (χ3v) is 15.2. The Kier molecular flexibility index (Phi) is 9.66. The van der Waals surface area contributed by atoms with Crippen LogP contribution in [0, 0.1) is 47.3 Å². The normalized spacial score (nSPS) is 50.6. The summed E-state index contributed by atoms with van der Waals surface area (Å²) < 4.78 is 39.1. The molecule has 0 N–H and O–H groups in total. The van der Waals surface area contributed by atoms with Gasteiger partial charge in [-0.25, -0.2) is 19.6 Å². The molecule has 10 nitrogen and oxygen atoms in total. The maximum atomic E-state index is 6.76. The number of hydrogen-bond donors (Lipinski definition) is 0. The van der Waals surface area contributed by atoms with Crippen LogP contribution in [0.3, 0.4) is 0 Å². The molecule has 10 aliphatic rings. The van der Waals surface area contributed by atoms with Crippen LogP contribution in [0.25, 0.3) is 0 Å². The van der Waals surface area contributed by atoms with Gasteiger partial charge in [0.15, 0.2) is 23.8 Å². The Morgan fingerprint density at radius 2 is 1.06 bits per heavy atom. The molecular formula is C42H62O10. The van der Waals surface area contributed by atoms with Crippen LogP contribution in [0.2, 0.25) is 0 Å². The lowest BCUT2D eigenvalue weighted by Crippen LogP contribution is -2.70. The zero-order valence-corrected chi connectivity index (χ0v) is 32.2. The fourth-order valence-corrected chi connectivity index (χ4v) is 12.2. The second kappa shape index (κ2) is 13.8. The van der Waals surface area contributed by atoms with Gasteiger partial charge in [-0.2, -0.15) is 0 Å². The van der Waals surface area contributed by atoms with Crippen molar-refractivity contribution in [1.29, 1.82) is 0 Å². The number of rotatable bonds is 10. The zero-order valence-electron chi connectivity index (χ0n) is 32.2. The molecule has 8 aliphatic heterocycles. The molecule has 8 heterocycles. The first-order valence-corrected chi connectivity index (χ1v) is 20.7. The van der Waals surface area contributed by atoms with Crippen LogP contribution in [0.15, 0.2) is 24.3 Å². The second-order valence-corrected chi connectivity index (χ2v) is 18.4. The van der Waals surface area contributed by atoms with E-state index < -0.39 is 35.4 Å². The van der Waals surface area contributed by atoms with Crippen LogP contribution in [0.4, 0.5) is 0 Å². The maximum Gasteiger partial charge on any atom is 0.201 e. The van der Waals surface area contributed by atoms with E-state index >= 15 is 0 Å². The van der Waals surface area contributed by atoms with Crippen molar-refractivity contribution in [2.45, 2.75) is 167 Å². The Bertz CT molecular complexity index is 1340. The van der Waals surface area contributed by atoms with Crippen molar-refractivity contribution < 1.29 is 48.0 Å². The summed E-state index contributed by atoms with van der Waals surface area (Å²) in [7, 11) is 0. The molecule has 0 aromatic heterocycles. The van der Waals surface area contributed by atoms with Crippen LogP contribution >= 0.6 is 0 Å². The van der Waals surface area contributed by atoms with Gasteiger partial charge in [0.1, 0.15) is 0 Å². The third-order valence-electron chi connectivity index (χ3n) is 15.2. The summed E-state index contributed by atoms with van der Waals surface area (Å²) in [5.74, 6) is 1.76. The van der Waals surface area contributed by atoms with Gasteiger partial charge in [-0.1, -0.05) is 52.0 Å². The standard InChI is InChI=1S/C42H62O10/c1-25-10-12-33-27(3)35(45-37-41(33)31(25)14-18-39(5,47-37)49-51-41)16-20-43-23-29-8-7-9-30(22-29)24-44-21-17-36-28(4)34-13-11-26(2)32-15-19-40(6)48-38(46-36)42(32,34)52-50-40/h7-9,22,25-28,31-38H,10-21,23-24H2,1-6H3/t25-,26-,27-,28-,31?,32?,33?,34?,35-,36-,37-,38-,39+,40+,41-,42-/m1/s1. The fourth-order valence-electron chi connectivity index (χ4n) is 12.2. The highest BCUT2D eigenvalue weighted by Gasteiger charge is 2.70. The van der Waals surface area contributed by atoms with Gasteiger partial charge < -0.3 is 28.4 Å². The van der Waals surface area contributed by atoms with Gasteiger partial charge in [-0.15, -0.1) is 0 Å². The van der Waals surface area contributed by atoms with E-state index in [-0.39, 0.29) is 12.2 Å². The van der Waals surface area contributed by atoms with E-state index in [0.29, 0.717) is 73.8 Å². The van der Waals surface area contributed by atoms with Crippen LogP contribution in [-0.2, 0) is 61.2 Å². The number of ether oxygens (including phenoxy) is 6. The molecule has 0 radical (unpaired) electrons. The fraction of sp³-hybridized carbons (Fsp3) is 0.857. The van der Waals surface area contributed by atoms with E-state index in [0.717, 1.165) is 62.5 Å². The average Bonchev–Trinajstić information content (AvgIpc) is 3.50. The van der Waals surface area contributed by atoms with E-state index in [1.807, 2.05) is 13.8 Å². The summed E-state index contributed by atoms with van der Waals surface area (Å²) >= 11 is 0. The Labute approximate surface area is 310 Å². The summed E-state index contributed by atoms with van der Waals surface area (Å²) in [5.41, 5.74) is 1.27. The predicted molar refractivity (Wildman–Crippen MR) is 189 cm³/mol. The quantitative estimate of drug-likeness (QED) is 0.175. The molecule has 0 amide bonds. The molecule has 1 aromatic carbocycles. The van der Waals surface area contributed by atoms with Gasteiger partial charge in [-0.3, -0.25) is 0 Å². The van der Waals surface area contributed by atoms with Crippen LogP contribution in [0.5, 0.6) is 0 Å². The van der Waals surface area contributed by atoms with E-state index in [9.17, 15) is 0 Å². The molecule has 10 fully saturated rings. The van der Waals surface area contributed by atoms with E-state index in [2.05, 4.69) is 52.0 Å². The van der Waals surface area contributed by atoms with Gasteiger partial charge in [0.05, 0.1) is 25.4 Å². The Balaban J connectivity index is 0.754. The maximum absolute atomic E-state index is 6.76. The molecular weight excluding hydrogens is 664 g/mol. The SMILES string of the molecule is C[C@@H]1CCC2[C@@H](C)[C@@H](CCOCc3cccc(COCC[C@H]4O[C@@H]5O[C@]6(C)CCC7[C@H](C)CCC([C@H]4C)[C@]75OO6)c3)O[C@@H]3O[C@]4(C)CCC1[C@@]23OO4. The predicted octanol–water partition coefficient (Wildman–Crippen LogP) is 8.00. The van der Waals surface area contributed by atoms with Crippen molar-refractivity contribution in [3.63, 3.8) is 0 Å². The topological polar surface area (TPSA) is 92.3 Å². The summed E-state index contributed by atoms with van der Waals surface area (Å²) in [5, 5.41) is 0. The number of fused-ring (bicyclic) bond motifs is 4. The van der Waals surface area contributed by atoms with Gasteiger partial charge in [0, 0.05) is 37.9 Å². The first kappa shape index (κ1) is 36.5. The lowest BCUT2D eigenvalue weighted by molar-refractivity contribution is -0.571. The Hall–Kier alpha value is -1.18. The molecule has 52 heavy (non-hydrogen) atoms. The smallest absolute Gasteiger partial charge is 0.201 e. The Morgan fingerprint density at radius 1 is 0.596 bits per heavy atom. The molecule has 1 aromatic rings. The van der Waals surface area contributed by atoms with Crippen molar-refractivity contribution in [3.05, 3.63) is 35.4 Å². The molecule has 4 unspecified atom stereocenters. The molecule has 8 saturated heterocycles.